The van der Waals surface area contributed by atoms with Crippen LogP contribution in [0.25, 0.3) is 0 Å². The number of nitrogens with zero attached hydrogens (tertiary/aromatic N) is 1. The van der Waals surface area contributed by atoms with Gasteiger partial charge >= 0.3 is 0 Å². The molecule has 0 bridgehead atoms. The topological polar surface area (TPSA) is 68.0 Å². The number of rotatable bonds is 7. The molecule has 1 heterocycles. The van der Waals surface area contributed by atoms with Crippen LogP contribution in [-0.2, 0) is 0 Å². The number of nitrogens with two attached hydrogens (primary N) is 1. The summed E-state index contributed by atoms with van der Waals surface area (Å²) < 4.78 is 0. The van der Waals surface area contributed by atoms with Crippen LogP contribution in [0.3, 0.4) is 0 Å². The third-order valence-electron chi connectivity index (χ3n) is 3.89. The van der Waals surface area contributed by atoms with Gasteiger partial charge in [-0.15, -0.1) is 11.3 Å². The molecular weight excluding hydrogens is 294 g/mol. The van der Waals surface area contributed by atoms with Gasteiger partial charge in [0.1, 0.15) is 5.69 Å². The summed E-state index contributed by atoms with van der Waals surface area (Å²) in [5.41, 5.74) is 7.27. The summed E-state index contributed by atoms with van der Waals surface area (Å²) in [6, 6.07) is 10.0. The molecule has 22 heavy (non-hydrogen) atoms. The van der Waals surface area contributed by atoms with Gasteiger partial charge in [0.25, 0.3) is 5.91 Å². The number of carbonyl (C=O) groups is 1. The first-order chi connectivity index (χ1) is 10.8. The third-order valence-corrected chi connectivity index (χ3v) is 4.89. The Hall–Kier alpha value is -1.72. The van der Waals surface area contributed by atoms with E-state index in [1.54, 1.807) is 11.3 Å². The van der Waals surface area contributed by atoms with E-state index in [4.69, 9.17) is 5.73 Å². The molecule has 1 aromatic heterocycles. The van der Waals surface area contributed by atoms with Crippen molar-refractivity contribution in [2.75, 3.05) is 6.54 Å². The largest absolute Gasteiger partial charge is 0.344 e. The SMILES string of the molecule is NCCCC(NC(=O)c1csc(C2CC2)n1)c1ccccc1. The number of hydrogen-bond donors (Lipinski definition) is 2. The number of thiazole rings is 1. The maximum absolute atomic E-state index is 12.4. The van der Waals surface area contributed by atoms with Crippen molar-refractivity contribution in [2.45, 2.75) is 37.6 Å². The van der Waals surface area contributed by atoms with Crippen molar-refractivity contribution in [1.82, 2.24) is 10.3 Å². The summed E-state index contributed by atoms with van der Waals surface area (Å²) >= 11 is 1.60. The van der Waals surface area contributed by atoms with E-state index in [1.165, 1.54) is 12.8 Å². The minimum Gasteiger partial charge on any atom is -0.344 e. The number of carbonyl (C=O) groups excluding carboxylic acids is 1. The van der Waals surface area contributed by atoms with Crippen LogP contribution in [0.1, 0.15) is 58.7 Å². The summed E-state index contributed by atoms with van der Waals surface area (Å²) in [5.74, 6) is 0.503. The highest BCUT2D eigenvalue weighted by Gasteiger charge is 2.27. The Morgan fingerprint density at radius 3 is 2.82 bits per heavy atom. The van der Waals surface area contributed by atoms with E-state index in [9.17, 15) is 4.79 Å². The molecule has 2 aromatic rings. The second kappa shape index (κ2) is 7.03. The van der Waals surface area contributed by atoms with Crippen LogP contribution < -0.4 is 11.1 Å². The molecule has 4 nitrogen and oxygen atoms in total. The molecule has 1 saturated carbocycles. The number of nitrogens with one attached hydrogen (secondary N) is 1. The molecule has 1 aliphatic rings. The van der Waals surface area contributed by atoms with Crippen LogP contribution in [0.4, 0.5) is 0 Å². The smallest absolute Gasteiger partial charge is 0.271 e. The molecule has 1 fully saturated rings. The molecule has 0 spiro atoms. The lowest BCUT2D eigenvalue weighted by atomic mass is 10.0. The van der Waals surface area contributed by atoms with Crippen LogP contribution in [0.2, 0.25) is 0 Å². The molecule has 0 radical (unpaired) electrons. The van der Waals surface area contributed by atoms with Crippen molar-refractivity contribution in [3.63, 3.8) is 0 Å². The summed E-state index contributed by atoms with van der Waals surface area (Å²) in [7, 11) is 0. The van der Waals surface area contributed by atoms with Gasteiger partial charge in [-0.25, -0.2) is 4.98 Å². The second-order valence-electron chi connectivity index (χ2n) is 5.71. The van der Waals surface area contributed by atoms with E-state index in [1.807, 2.05) is 35.7 Å². The normalized spacial score (nSPS) is 15.5. The lowest BCUT2D eigenvalue weighted by molar-refractivity contribution is 0.0929. The van der Waals surface area contributed by atoms with Gasteiger partial charge in [-0.05, 0) is 37.8 Å². The third kappa shape index (κ3) is 3.72. The van der Waals surface area contributed by atoms with Gasteiger partial charge in [-0.1, -0.05) is 30.3 Å². The fourth-order valence-electron chi connectivity index (χ4n) is 2.47. The Bertz CT molecular complexity index is 622. The zero-order chi connectivity index (χ0) is 15.4. The summed E-state index contributed by atoms with van der Waals surface area (Å²) in [5, 5.41) is 6.08. The van der Waals surface area contributed by atoms with Crippen molar-refractivity contribution in [3.05, 3.63) is 52.0 Å². The van der Waals surface area contributed by atoms with Gasteiger partial charge in [-0.3, -0.25) is 4.79 Å². The molecule has 1 amide bonds. The Morgan fingerprint density at radius 2 is 2.14 bits per heavy atom. The molecule has 1 aliphatic carbocycles. The number of aromatic nitrogens is 1. The molecule has 3 N–H and O–H groups in total. The molecule has 3 rings (SSSR count). The van der Waals surface area contributed by atoms with E-state index in [-0.39, 0.29) is 11.9 Å². The molecule has 116 valence electrons. The fraction of sp³-hybridized carbons (Fsp3) is 0.412. The first-order valence-electron chi connectivity index (χ1n) is 7.79. The van der Waals surface area contributed by atoms with Crippen LogP contribution in [0.15, 0.2) is 35.7 Å². The maximum atomic E-state index is 12.4. The van der Waals surface area contributed by atoms with Gasteiger partial charge in [0, 0.05) is 11.3 Å². The van der Waals surface area contributed by atoms with Crippen LogP contribution >= 0.6 is 11.3 Å². The average molecular weight is 315 g/mol. The highest BCUT2D eigenvalue weighted by atomic mass is 32.1. The molecule has 0 aliphatic heterocycles. The Labute approximate surface area is 134 Å². The summed E-state index contributed by atoms with van der Waals surface area (Å²) in [6.07, 6.45) is 4.13. The minimum atomic E-state index is -0.0889. The minimum absolute atomic E-state index is 0.0108. The molecule has 0 saturated heterocycles. The van der Waals surface area contributed by atoms with Gasteiger partial charge < -0.3 is 11.1 Å². The van der Waals surface area contributed by atoms with E-state index < -0.39 is 0 Å². The Balaban J connectivity index is 1.69. The van der Waals surface area contributed by atoms with Crippen molar-refractivity contribution < 1.29 is 4.79 Å². The standard InChI is InChI=1S/C17H21N3OS/c18-10-4-7-14(12-5-2-1-3-6-12)19-16(21)15-11-22-17(20-15)13-8-9-13/h1-3,5-6,11,13-14H,4,7-10,18H2,(H,19,21). The Morgan fingerprint density at radius 1 is 1.36 bits per heavy atom. The molecular formula is C17H21N3OS. The van der Waals surface area contributed by atoms with Crippen LogP contribution in [0, 0.1) is 0 Å². The van der Waals surface area contributed by atoms with Crippen LogP contribution in [-0.4, -0.2) is 17.4 Å². The zero-order valence-corrected chi connectivity index (χ0v) is 13.3. The lowest BCUT2D eigenvalue weighted by Crippen LogP contribution is -2.29. The van der Waals surface area contributed by atoms with Gasteiger partial charge in [0.05, 0.1) is 11.0 Å². The first-order valence-corrected chi connectivity index (χ1v) is 8.67. The van der Waals surface area contributed by atoms with Crippen molar-refractivity contribution in [3.8, 4) is 0 Å². The van der Waals surface area contributed by atoms with Gasteiger partial charge in [0.15, 0.2) is 0 Å². The molecule has 1 aromatic carbocycles. The predicted molar refractivity (Wildman–Crippen MR) is 89.0 cm³/mol. The van der Waals surface area contributed by atoms with E-state index in [0.717, 1.165) is 23.4 Å². The zero-order valence-electron chi connectivity index (χ0n) is 12.5. The van der Waals surface area contributed by atoms with Crippen LogP contribution in [0.5, 0.6) is 0 Å². The number of hydrogen-bond acceptors (Lipinski definition) is 4. The van der Waals surface area contributed by atoms with E-state index in [2.05, 4.69) is 10.3 Å². The number of benzene rings is 1. The van der Waals surface area contributed by atoms with Crippen molar-refractivity contribution in [2.24, 2.45) is 5.73 Å². The monoisotopic (exact) mass is 315 g/mol. The molecule has 1 atom stereocenters. The van der Waals surface area contributed by atoms with Gasteiger partial charge in [-0.2, -0.15) is 0 Å². The maximum Gasteiger partial charge on any atom is 0.271 e. The van der Waals surface area contributed by atoms with E-state index in [0.29, 0.717) is 18.2 Å². The lowest BCUT2D eigenvalue weighted by Gasteiger charge is -2.18. The molecule has 1 unspecified atom stereocenters. The predicted octanol–water partition coefficient (Wildman–Crippen LogP) is 3.23. The highest BCUT2D eigenvalue weighted by molar-refractivity contribution is 7.10. The highest BCUT2D eigenvalue weighted by Crippen LogP contribution is 2.41. The fourth-order valence-corrected chi connectivity index (χ4v) is 3.44. The average Bonchev–Trinajstić information content (AvgIpc) is 3.29. The van der Waals surface area contributed by atoms with Gasteiger partial charge in [0.2, 0.25) is 0 Å². The first kappa shape index (κ1) is 15.2. The quantitative estimate of drug-likeness (QED) is 0.824. The van der Waals surface area contributed by atoms with Crippen molar-refractivity contribution >= 4 is 17.2 Å². The van der Waals surface area contributed by atoms with Crippen molar-refractivity contribution in [1.29, 1.82) is 0 Å². The number of amides is 1. The van der Waals surface area contributed by atoms with E-state index >= 15 is 0 Å². The second-order valence-corrected chi connectivity index (χ2v) is 6.60. The Kier molecular flexibility index (Phi) is 4.85. The molecule has 5 heteroatoms. The summed E-state index contributed by atoms with van der Waals surface area (Å²) in [6.45, 7) is 0.627. The summed E-state index contributed by atoms with van der Waals surface area (Å²) in [4.78, 5) is 16.9.